The zero-order valence-electron chi connectivity index (χ0n) is 5.31. The van der Waals surface area contributed by atoms with E-state index in [2.05, 4.69) is 31.2 Å². The van der Waals surface area contributed by atoms with E-state index in [1.165, 1.54) is 16.7 Å². The van der Waals surface area contributed by atoms with Crippen LogP contribution < -0.4 is 0 Å². The zero-order valence-corrected chi connectivity index (χ0v) is 5.31. The van der Waals surface area contributed by atoms with Crippen molar-refractivity contribution in [1.82, 2.24) is 0 Å². The van der Waals surface area contributed by atoms with Crippen LogP contribution >= 0.6 is 0 Å². The minimum Gasteiger partial charge on any atom is -0.0616 e. The van der Waals surface area contributed by atoms with Crippen LogP contribution in [-0.4, -0.2) is 0 Å². The molecular weight excluding hydrogens is 108 g/mol. The van der Waals surface area contributed by atoms with Gasteiger partial charge in [-0.2, -0.15) is 0 Å². The maximum atomic E-state index is 3.20. The predicted molar refractivity (Wildman–Crippen MR) is 37.9 cm³/mol. The van der Waals surface area contributed by atoms with Gasteiger partial charge in [-0.1, -0.05) is 24.3 Å². The van der Waals surface area contributed by atoms with Crippen LogP contribution in [0.3, 0.4) is 0 Å². The molecule has 0 N–H and O–H groups in total. The second kappa shape index (κ2) is 1.47. The van der Waals surface area contributed by atoms with Gasteiger partial charge < -0.3 is 0 Å². The summed E-state index contributed by atoms with van der Waals surface area (Å²) in [7, 11) is 0. The van der Waals surface area contributed by atoms with Crippen LogP contribution in [0.1, 0.15) is 18.1 Å². The Morgan fingerprint density at radius 2 is 2.00 bits per heavy atom. The molecule has 0 nitrogen and oxygen atoms in total. The van der Waals surface area contributed by atoms with Crippen LogP contribution in [0.2, 0.25) is 0 Å². The average molecular weight is 115 g/mol. The second-order valence-corrected chi connectivity index (χ2v) is 2.30. The third kappa shape index (κ3) is 0.531. The van der Waals surface area contributed by atoms with Crippen LogP contribution in [0.4, 0.5) is 0 Å². The summed E-state index contributed by atoms with van der Waals surface area (Å²) in [6.07, 6.45) is 3.20. The van der Waals surface area contributed by atoms with E-state index in [9.17, 15) is 0 Å². The smallest absolute Gasteiger partial charge is 0.00607 e. The normalized spacial score (nSPS) is 13.7. The zero-order chi connectivity index (χ0) is 6.27. The van der Waals surface area contributed by atoms with Gasteiger partial charge in [0.25, 0.3) is 0 Å². The first-order valence-corrected chi connectivity index (χ1v) is 3.08. The van der Waals surface area contributed by atoms with Crippen LogP contribution in [0.15, 0.2) is 24.3 Å². The highest BCUT2D eigenvalue weighted by Crippen LogP contribution is 2.28. The van der Waals surface area contributed by atoms with Crippen molar-refractivity contribution in [2.75, 3.05) is 0 Å². The van der Waals surface area contributed by atoms with Gasteiger partial charge in [0.2, 0.25) is 0 Å². The van der Waals surface area contributed by atoms with Crippen molar-refractivity contribution in [1.29, 1.82) is 0 Å². The van der Waals surface area contributed by atoms with Gasteiger partial charge in [0, 0.05) is 0 Å². The molecule has 0 unspecified atom stereocenters. The lowest BCUT2D eigenvalue weighted by Gasteiger charge is -2.13. The molecule has 0 heterocycles. The third-order valence-electron chi connectivity index (χ3n) is 1.65. The summed E-state index contributed by atoms with van der Waals surface area (Å²) in [6, 6.07) is 8.31. The molecule has 0 spiro atoms. The number of hydrogen-bond donors (Lipinski definition) is 0. The number of rotatable bonds is 0. The molecule has 0 fully saturated rings. The van der Waals surface area contributed by atoms with Crippen molar-refractivity contribution in [2.45, 2.75) is 6.92 Å². The van der Waals surface area contributed by atoms with Gasteiger partial charge in [-0.15, -0.1) is 0 Å². The molecule has 0 aliphatic heterocycles. The van der Waals surface area contributed by atoms with Crippen molar-refractivity contribution in [3.05, 3.63) is 41.5 Å². The molecule has 9 heavy (non-hydrogen) atoms. The number of allylic oxidation sites excluding steroid dienone is 1. The first-order chi connectivity index (χ1) is 4.38. The van der Waals surface area contributed by atoms with Crippen LogP contribution in [-0.2, 0) is 0 Å². The Hall–Kier alpha value is -1.04. The molecule has 1 radical (unpaired) electrons. The Kier molecular flexibility index (Phi) is 0.786. The fraction of sp³-hybridized carbons (Fsp3) is 0.111. The summed E-state index contributed by atoms with van der Waals surface area (Å²) in [6.45, 7) is 2.09. The van der Waals surface area contributed by atoms with Gasteiger partial charge in [0.1, 0.15) is 0 Å². The second-order valence-electron chi connectivity index (χ2n) is 2.30. The van der Waals surface area contributed by atoms with Crippen molar-refractivity contribution < 1.29 is 0 Å². The molecule has 0 atom stereocenters. The van der Waals surface area contributed by atoms with Gasteiger partial charge in [-0.25, -0.2) is 0 Å². The highest BCUT2D eigenvalue weighted by atomic mass is 14.1. The average Bonchev–Trinajstić information content (AvgIpc) is 1.86. The first kappa shape index (κ1) is 4.80. The molecule has 43 valence electrons. The summed E-state index contributed by atoms with van der Waals surface area (Å²) in [4.78, 5) is 0. The van der Waals surface area contributed by atoms with E-state index in [4.69, 9.17) is 0 Å². The Morgan fingerprint density at radius 1 is 1.22 bits per heavy atom. The van der Waals surface area contributed by atoms with Crippen molar-refractivity contribution in [3.63, 3.8) is 0 Å². The minimum atomic E-state index is 1.26. The number of fused-ring (bicyclic) bond motifs is 1. The lowest BCUT2D eigenvalue weighted by Crippen LogP contribution is -1.95. The molecule has 0 aromatic heterocycles. The Bertz CT molecular complexity index is 269. The quantitative estimate of drug-likeness (QED) is 0.486. The minimum absolute atomic E-state index is 1.26. The van der Waals surface area contributed by atoms with Gasteiger partial charge in [-0.05, 0) is 29.7 Å². The van der Waals surface area contributed by atoms with Crippen LogP contribution in [0.25, 0.3) is 5.57 Å². The molecule has 1 aliphatic rings. The van der Waals surface area contributed by atoms with E-state index in [-0.39, 0.29) is 0 Å². The van der Waals surface area contributed by atoms with Gasteiger partial charge in [-0.3, -0.25) is 0 Å². The topological polar surface area (TPSA) is 0 Å². The van der Waals surface area contributed by atoms with E-state index in [0.717, 1.165) is 0 Å². The van der Waals surface area contributed by atoms with E-state index in [1.54, 1.807) is 0 Å². The van der Waals surface area contributed by atoms with Crippen molar-refractivity contribution in [2.24, 2.45) is 0 Å². The molecular formula is C9H7. The Labute approximate surface area is 54.8 Å². The SMILES string of the molecule is CC1=[C]c2ccccc21. The maximum Gasteiger partial charge on any atom is -0.00607 e. The van der Waals surface area contributed by atoms with E-state index < -0.39 is 0 Å². The van der Waals surface area contributed by atoms with E-state index in [1.807, 2.05) is 6.07 Å². The van der Waals surface area contributed by atoms with Crippen LogP contribution in [0.5, 0.6) is 0 Å². The maximum absolute atomic E-state index is 3.20. The molecule has 0 heteroatoms. The molecule has 0 saturated heterocycles. The predicted octanol–water partition coefficient (Wildman–Crippen LogP) is 2.25. The molecule has 1 aliphatic carbocycles. The largest absolute Gasteiger partial charge is 0.0616 e. The summed E-state index contributed by atoms with van der Waals surface area (Å²) in [5.74, 6) is 0. The molecule has 0 saturated carbocycles. The highest BCUT2D eigenvalue weighted by Gasteiger charge is 2.09. The van der Waals surface area contributed by atoms with E-state index >= 15 is 0 Å². The summed E-state index contributed by atoms with van der Waals surface area (Å²) >= 11 is 0. The molecule has 2 rings (SSSR count). The first-order valence-electron chi connectivity index (χ1n) is 3.08. The molecule has 0 bridgehead atoms. The fourth-order valence-electron chi connectivity index (χ4n) is 1.13. The van der Waals surface area contributed by atoms with Gasteiger partial charge >= 0.3 is 0 Å². The monoisotopic (exact) mass is 115 g/mol. The summed E-state index contributed by atoms with van der Waals surface area (Å²) < 4.78 is 0. The summed E-state index contributed by atoms with van der Waals surface area (Å²) in [5, 5.41) is 0. The number of hydrogen-bond acceptors (Lipinski definition) is 0. The Morgan fingerprint density at radius 3 is 2.56 bits per heavy atom. The van der Waals surface area contributed by atoms with Crippen molar-refractivity contribution >= 4 is 5.57 Å². The van der Waals surface area contributed by atoms with E-state index in [0.29, 0.717) is 0 Å². The lowest BCUT2D eigenvalue weighted by molar-refractivity contribution is 1.39. The fourth-order valence-corrected chi connectivity index (χ4v) is 1.13. The summed E-state index contributed by atoms with van der Waals surface area (Å²) in [5.41, 5.74) is 3.90. The molecule has 1 aromatic carbocycles. The Balaban J connectivity index is 2.61. The molecule has 0 amide bonds. The number of benzene rings is 1. The van der Waals surface area contributed by atoms with Gasteiger partial charge in [0.05, 0.1) is 0 Å². The lowest BCUT2D eigenvalue weighted by atomic mass is 9.90. The highest BCUT2D eigenvalue weighted by molar-refractivity contribution is 5.76. The van der Waals surface area contributed by atoms with Crippen molar-refractivity contribution in [3.8, 4) is 0 Å². The standard InChI is InChI=1S/C9H7/c1-7-6-8-4-2-3-5-9(7)8/h2-5H,1H3. The third-order valence-corrected chi connectivity index (χ3v) is 1.65. The van der Waals surface area contributed by atoms with Crippen LogP contribution in [0, 0.1) is 6.08 Å². The van der Waals surface area contributed by atoms with Gasteiger partial charge in [0.15, 0.2) is 0 Å². The molecule has 1 aromatic rings.